The molecule has 1 saturated heterocycles. The zero-order valence-corrected chi connectivity index (χ0v) is 20.5. The second-order valence-corrected chi connectivity index (χ2v) is 8.37. The van der Waals surface area contributed by atoms with Crippen LogP contribution in [0.5, 0.6) is 0 Å². The lowest BCUT2D eigenvalue weighted by Crippen LogP contribution is -2.25. The van der Waals surface area contributed by atoms with E-state index in [1.165, 1.54) is 6.33 Å². The fraction of sp³-hybridized carbons (Fsp3) is 0.381. The number of rotatable bonds is 10. The van der Waals surface area contributed by atoms with Crippen molar-refractivity contribution < 1.29 is 28.5 Å². The summed E-state index contributed by atoms with van der Waals surface area (Å²) in [6, 6.07) is 6.91. The number of imidazole rings is 1. The second-order valence-electron chi connectivity index (χ2n) is 7.77. The van der Waals surface area contributed by atoms with Gasteiger partial charge < -0.3 is 24.2 Å². The summed E-state index contributed by atoms with van der Waals surface area (Å²) in [6.07, 6.45) is 3.53. The minimum atomic E-state index is -0.463. The number of carbonyl (C=O) groups excluding carboxylic acids is 2. The van der Waals surface area contributed by atoms with Crippen LogP contribution in [0.3, 0.4) is 0 Å². The average molecular weight is 505 g/mol. The smallest absolute Gasteiger partial charge is 0.256 e. The molecular weight excluding hydrogens is 480 g/mol. The Bertz CT molecular complexity index is 1160. The SMILES string of the molecule is O=C(CO)CCc1ccc(C(=O)Nc2ncnc3c2ncn3[C@H]2C[C@@H](OP)[C@@H](COP)O2)cc1. The van der Waals surface area contributed by atoms with Crippen LogP contribution >= 0.6 is 18.9 Å². The molecule has 0 saturated carbocycles. The van der Waals surface area contributed by atoms with Crippen LogP contribution in [-0.2, 0) is 25.0 Å². The third-order valence-corrected chi connectivity index (χ3v) is 6.14. The predicted molar refractivity (Wildman–Crippen MR) is 129 cm³/mol. The average Bonchev–Trinajstić information content (AvgIpc) is 3.47. The highest BCUT2D eigenvalue weighted by Crippen LogP contribution is 2.34. The van der Waals surface area contributed by atoms with Crippen LogP contribution in [0.15, 0.2) is 36.9 Å². The molecular formula is C21H25N5O6P2. The number of anilines is 1. The van der Waals surface area contributed by atoms with Crippen molar-refractivity contribution in [2.75, 3.05) is 18.5 Å². The highest BCUT2D eigenvalue weighted by Gasteiger charge is 2.37. The van der Waals surface area contributed by atoms with E-state index in [0.717, 1.165) is 5.56 Å². The molecule has 3 heterocycles. The summed E-state index contributed by atoms with van der Waals surface area (Å²) in [5, 5.41) is 11.6. The molecule has 1 fully saturated rings. The molecule has 3 aromatic rings. The number of carbonyl (C=O) groups is 2. The van der Waals surface area contributed by atoms with Crippen LogP contribution in [-0.4, -0.2) is 61.7 Å². The molecule has 2 N–H and O–H groups in total. The van der Waals surface area contributed by atoms with Crippen molar-refractivity contribution in [2.45, 2.75) is 37.7 Å². The van der Waals surface area contributed by atoms with Gasteiger partial charge in [0.05, 0.1) is 19.0 Å². The van der Waals surface area contributed by atoms with Crippen LogP contribution in [0.25, 0.3) is 11.2 Å². The van der Waals surface area contributed by atoms with Crippen LogP contribution in [0.4, 0.5) is 5.82 Å². The molecule has 1 aliphatic rings. The molecule has 0 bridgehead atoms. The van der Waals surface area contributed by atoms with E-state index in [9.17, 15) is 9.59 Å². The Labute approximate surface area is 200 Å². The number of ether oxygens (including phenoxy) is 1. The van der Waals surface area contributed by atoms with E-state index in [1.54, 1.807) is 35.2 Å². The third-order valence-electron chi connectivity index (χ3n) is 5.60. The molecule has 13 heteroatoms. The summed E-state index contributed by atoms with van der Waals surface area (Å²) < 4.78 is 18.4. The highest BCUT2D eigenvalue weighted by atomic mass is 31.0. The number of nitrogens with one attached hydrogen (secondary N) is 1. The van der Waals surface area contributed by atoms with Crippen molar-refractivity contribution in [3.8, 4) is 0 Å². The van der Waals surface area contributed by atoms with Crippen molar-refractivity contribution in [1.29, 1.82) is 0 Å². The number of aromatic nitrogens is 4. The molecule has 180 valence electrons. The Morgan fingerprint density at radius 3 is 2.71 bits per heavy atom. The summed E-state index contributed by atoms with van der Waals surface area (Å²) in [4.78, 5) is 37.0. The first-order chi connectivity index (χ1) is 16.5. The van der Waals surface area contributed by atoms with Gasteiger partial charge in [0.2, 0.25) is 0 Å². The molecule has 0 radical (unpaired) electrons. The van der Waals surface area contributed by atoms with E-state index >= 15 is 0 Å². The lowest BCUT2D eigenvalue weighted by atomic mass is 10.1. The number of nitrogens with zero attached hydrogens (tertiary/aromatic N) is 4. The van der Waals surface area contributed by atoms with Crippen LogP contribution in [0, 0.1) is 0 Å². The molecule has 1 amide bonds. The van der Waals surface area contributed by atoms with E-state index in [-0.39, 0.29) is 42.4 Å². The molecule has 5 atom stereocenters. The van der Waals surface area contributed by atoms with E-state index in [0.29, 0.717) is 36.2 Å². The normalized spacial score (nSPS) is 20.0. The summed E-state index contributed by atoms with van der Waals surface area (Å²) >= 11 is 0. The first-order valence-electron chi connectivity index (χ1n) is 10.6. The van der Waals surface area contributed by atoms with Gasteiger partial charge in [0.25, 0.3) is 5.91 Å². The summed E-state index contributed by atoms with van der Waals surface area (Å²) in [6.45, 7) is -0.102. The number of hydrogen-bond donors (Lipinski definition) is 2. The van der Waals surface area contributed by atoms with Crippen molar-refractivity contribution in [1.82, 2.24) is 19.5 Å². The van der Waals surface area contributed by atoms with E-state index in [2.05, 4.69) is 39.2 Å². The highest BCUT2D eigenvalue weighted by molar-refractivity contribution is 7.10. The molecule has 2 unspecified atom stereocenters. The summed E-state index contributed by atoms with van der Waals surface area (Å²) in [5.74, 6) is -0.284. The number of fused-ring (bicyclic) bond motifs is 1. The van der Waals surface area contributed by atoms with Crippen molar-refractivity contribution >= 4 is 47.6 Å². The van der Waals surface area contributed by atoms with Crippen molar-refractivity contribution in [3.05, 3.63) is 48.0 Å². The molecule has 2 aromatic heterocycles. The van der Waals surface area contributed by atoms with Gasteiger partial charge in [-0.1, -0.05) is 12.1 Å². The number of Topliss-reactive ketones (excluding diaryl/α,β-unsaturated/α-hetero) is 1. The van der Waals surface area contributed by atoms with Gasteiger partial charge >= 0.3 is 0 Å². The van der Waals surface area contributed by atoms with Gasteiger partial charge in [-0.15, -0.1) is 0 Å². The van der Waals surface area contributed by atoms with Crippen LogP contribution < -0.4 is 5.32 Å². The number of ketones is 1. The Hall–Kier alpha value is -2.39. The molecule has 11 nitrogen and oxygen atoms in total. The Balaban J connectivity index is 1.48. The second kappa shape index (κ2) is 11.4. The number of hydrogen-bond acceptors (Lipinski definition) is 9. The number of aliphatic hydroxyl groups is 1. The van der Waals surface area contributed by atoms with Crippen molar-refractivity contribution in [2.24, 2.45) is 0 Å². The lowest BCUT2D eigenvalue weighted by molar-refractivity contribution is -0.121. The lowest BCUT2D eigenvalue weighted by Gasteiger charge is -2.15. The van der Waals surface area contributed by atoms with Gasteiger partial charge in [0.15, 0.2) is 22.8 Å². The van der Waals surface area contributed by atoms with Gasteiger partial charge in [-0.2, -0.15) is 0 Å². The van der Waals surface area contributed by atoms with Gasteiger partial charge in [0, 0.05) is 37.3 Å². The number of aliphatic hydroxyl groups excluding tert-OH is 1. The monoisotopic (exact) mass is 505 g/mol. The molecule has 4 rings (SSSR count). The van der Waals surface area contributed by atoms with E-state index < -0.39 is 6.61 Å². The van der Waals surface area contributed by atoms with Gasteiger partial charge in [-0.05, 0) is 24.1 Å². The number of amides is 1. The van der Waals surface area contributed by atoms with Gasteiger partial charge in [0.1, 0.15) is 25.3 Å². The number of benzene rings is 1. The van der Waals surface area contributed by atoms with E-state index in [4.69, 9.17) is 18.9 Å². The molecule has 0 spiro atoms. The number of aryl methyl sites for hydroxylation is 1. The fourth-order valence-electron chi connectivity index (χ4n) is 3.78. The van der Waals surface area contributed by atoms with Crippen molar-refractivity contribution in [3.63, 3.8) is 0 Å². The maximum absolute atomic E-state index is 12.8. The minimum absolute atomic E-state index is 0.168. The van der Waals surface area contributed by atoms with E-state index in [1.807, 2.05) is 0 Å². The fourth-order valence-corrected chi connectivity index (χ4v) is 4.25. The third kappa shape index (κ3) is 5.46. The first-order valence-corrected chi connectivity index (χ1v) is 11.5. The topological polar surface area (TPSA) is 138 Å². The molecule has 1 aliphatic heterocycles. The Morgan fingerprint density at radius 1 is 1.21 bits per heavy atom. The van der Waals surface area contributed by atoms with Crippen LogP contribution in [0.1, 0.15) is 35.0 Å². The molecule has 1 aromatic carbocycles. The zero-order chi connectivity index (χ0) is 24.1. The Kier molecular flexibility index (Phi) is 8.26. The zero-order valence-electron chi connectivity index (χ0n) is 18.2. The predicted octanol–water partition coefficient (Wildman–Crippen LogP) is 1.84. The maximum atomic E-state index is 12.8. The summed E-state index contributed by atoms with van der Waals surface area (Å²) in [7, 11) is 4.47. The van der Waals surface area contributed by atoms with Gasteiger partial charge in [-0.3, -0.25) is 14.2 Å². The summed E-state index contributed by atoms with van der Waals surface area (Å²) in [5.41, 5.74) is 2.29. The first kappa shape index (κ1) is 24.7. The maximum Gasteiger partial charge on any atom is 0.256 e. The minimum Gasteiger partial charge on any atom is -0.389 e. The quantitative estimate of drug-likeness (QED) is 0.395. The molecule has 0 aliphatic carbocycles. The van der Waals surface area contributed by atoms with Gasteiger partial charge in [-0.25, -0.2) is 15.0 Å². The standard InChI is InChI=1S/C21H25N5O6P2/c27-8-14(28)6-3-12-1-4-13(5-2-12)21(29)25-19-18-20(23-10-22-19)26(11-24-18)17-7-15(32-34)16(31-17)9-30-33/h1-2,4-5,10-11,15-17,27H,3,6-9,33-34H2,(H,22,23,25,29)/t15-,16-,17-/m1/s1. The molecule has 34 heavy (non-hydrogen) atoms. The largest absolute Gasteiger partial charge is 0.389 e. The Morgan fingerprint density at radius 2 is 2.00 bits per heavy atom. The van der Waals surface area contributed by atoms with Crippen LogP contribution in [0.2, 0.25) is 0 Å².